The first-order valence-electron chi connectivity index (χ1n) is 10.5. The summed E-state index contributed by atoms with van der Waals surface area (Å²) in [5, 5.41) is 27.5. The van der Waals surface area contributed by atoms with Gasteiger partial charge in [0.15, 0.2) is 11.6 Å². The monoisotopic (exact) mass is 436 g/mol. The van der Waals surface area contributed by atoms with Gasteiger partial charge in [-0.25, -0.2) is 9.18 Å². The molecule has 0 saturated carbocycles. The fourth-order valence-electron chi connectivity index (χ4n) is 4.08. The Morgan fingerprint density at radius 1 is 1.22 bits per heavy atom. The summed E-state index contributed by atoms with van der Waals surface area (Å²) >= 11 is 0. The van der Waals surface area contributed by atoms with Crippen LogP contribution >= 0.6 is 0 Å². The van der Waals surface area contributed by atoms with E-state index in [1.807, 2.05) is 51.1 Å². The van der Waals surface area contributed by atoms with E-state index in [-0.39, 0.29) is 22.9 Å². The first kappa shape index (κ1) is 21.7. The van der Waals surface area contributed by atoms with Gasteiger partial charge in [0.1, 0.15) is 12.3 Å². The van der Waals surface area contributed by atoms with Crippen molar-refractivity contribution in [1.29, 1.82) is 0 Å². The summed E-state index contributed by atoms with van der Waals surface area (Å²) in [6.07, 6.45) is 0. The molecule has 0 aliphatic heterocycles. The number of aromatic nitrogens is 4. The highest BCUT2D eigenvalue weighted by Crippen LogP contribution is 2.31. The van der Waals surface area contributed by atoms with E-state index >= 15 is 4.39 Å². The third kappa shape index (κ3) is 3.36. The number of fused-ring (bicyclic) bond motifs is 1. The van der Waals surface area contributed by atoms with E-state index in [1.165, 1.54) is 10.6 Å². The Morgan fingerprint density at radius 2 is 1.94 bits per heavy atom. The fraction of sp³-hybridized carbons (Fsp3) is 0.292. The summed E-state index contributed by atoms with van der Waals surface area (Å²) in [7, 11) is 0. The molecular formula is C24H25FN4O3. The first-order chi connectivity index (χ1) is 15.3. The molecule has 7 nitrogen and oxygen atoms in total. The van der Waals surface area contributed by atoms with Crippen LogP contribution in [-0.4, -0.2) is 19.5 Å². The normalized spacial score (nSPS) is 11.6. The van der Waals surface area contributed by atoms with Crippen molar-refractivity contribution in [2.45, 2.75) is 46.8 Å². The lowest BCUT2D eigenvalue weighted by Gasteiger charge is -2.16. The molecule has 0 fully saturated rings. The molecule has 166 valence electrons. The predicted molar refractivity (Wildman–Crippen MR) is 120 cm³/mol. The van der Waals surface area contributed by atoms with Gasteiger partial charge in [0.25, 0.3) is 0 Å². The van der Waals surface area contributed by atoms with Crippen LogP contribution in [0.1, 0.15) is 43.6 Å². The van der Waals surface area contributed by atoms with Gasteiger partial charge >= 0.3 is 5.69 Å². The smallest absolute Gasteiger partial charge is 0.350 e. The summed E-state index contributed by atoms with van der Waals surface area (Å²) in [6, 6.07) is 12.0. The van der Waals surface area contributed by atoms with Crippen LogP contribution in [0.2, 0.25) is 0 Å². The van der Waals surface area contributed by atoms with E-state index in [0.29, 0.717) is 17.6 Å². The molecule has 0 aliphatic rings. The van der Waals surface area contributed by atoms with Crippen LogP contribution in [-0.2, 0) is 13.2 Å². The van der Waals surface area contributed by atoms with Crippen molar-refractivity contribution in [1.82, 2.24) is 14.3 Å². The molecule has 0 aliphatic carbocycles. The van der Waals surface area contributed by atoms with E-state index in [2.05, 4.69) is 5.10 Å². The maximum absolute atomic E-state index is 15.2. The van der Waals surface area contributed by atoms with Gasteiger partial charge in [-0.1, -0.05) is 32.0 Å². The summed E-state index contributed by atoms with van der Waals surface area (Å²) in [4.78, 5) is 12.7. The zero-order valence-corrected chi connectivity index (χ0v) is 18.5. The number of pyridine rings is 1. The zero-order chi connectivity index (χ0) is 23.2. The standard InChI is InChI=1S/C24H25FN4O3/c1-5-27-23(13-30)26-28(24(27)31)22-11-18-17(14(2)3)10-20(16-9-7-6-8-15(16)4)29(32)21(18)12-19(22)25/h6-12,14,30H,5,13H2,1-4H3. The second-order valence-corrected chi connectivity index (χ2v) is 8.08. The number of hydrogen-bond donors (Lipinski definition) is 1. The number of halogens is 1. The van der Waals surface area contributed by atoms with Gasteiger partial charge in [-0.2, -0.15) is 9.41 Å². The lowest BCUT2D eigenvalue weighted by Crippen LogP contribution is -2.31. The van der Waals surface area contributed by atoms with Crippen molar-refractivity contribution in [3.8, 4) is 16.9 Å². The number of nitrogens with zero attached hydrogens (tertiary/aromatic N) is 4. The maximum Gasteiger partial charge on any atom is 0.350 e. The minimum atomic E-state index is -0.744. The molecule has 1 N–H and O–H groups in total. The van der Waals surface area contributed by atoms with Gasteiger partial charge in [-0.05, 0) is 43.0 Å². The van der Waals surface area contributed by atoms with Crippen molar-refractivity contribution in [3.05, 3.63) is 80.9 Å². The van der Waals surface area contributed by atoms with Crippen LogP contribution in [0, 0.1) is 17.9 Å². The lowest BCUT2D eigenvalue weighted by atomic mass is 9.94. The second kappa shape index (κ2) is 8.20. The van der Waals surface area contributed by atoms with Crippen molar-refractivity contribution in [3.63, 3.8) is 0 Å². The summed E-state index contributed by atoms with van der Waals surface area (Å²) in [5.74, 6) is -0.557. The molecule has 0 saturated heterocycles. The van der Waals surface area contributed by atoms with Crippen LogP contribution in [0.15, 0.2) is 47.3 Å². The van der Waals surface area contributed by atoms with Gasteiger partial charge in [0.2, 0.25) is 11.2 Å². The summed E-state index contributed by atoms with van der Waals surface area (Å²) in [5.41, 5.74) is 2.60. The van der Waals surface area contributed by atoms with Gasteiger partial charge in [0, 0.05) is 18.7 Å². The summed E-state index contributed by atoms with van der Waals surface area (Å²) < 4.78 is 18.2. The average Bonchev–Trinajstić information content (AvgIpc) is 3.09. The number of rotatable bonds is 5. The number of aryl methyl sites for hydroxylation is 1. The molecule has 4 aromatic rings. The van der Waals surface area contributed by atoms with E-state index in [1.54, 1.807) is 6.92 Å². The third-order valence-corrected chi connectivity index (χ3v) is 5.77. The highest BCUT2D eigenvalue weighted by atomic mass is 19.1. The highest BCUT2D eigenvalue weighted by molar-refractivity contribution is 5.84. The SMILES string of the molecule is CCn1c(CO)nn(-c2cc3c(C(C)C)cc(-c4ccccc4C)[n+]([O-])c3cc2F)c1=O. The van der Waals surface area contributed by atoms with E-state index in [4.69, 9.17) is 0 Å². The van der Waals surface area contributed by atoms with E-state index < -0.39 is 18.1 Å². The van der Waals surface area contributed by atoms with Crippen LogP contribution in [0.3, 0.4) is 0 Å². The van der Waals surface area contributed by atoms with Crippen LogP contribution in [0.4, 0.5) is 4.39 Å². The maximum atomic E-state index is 15.2. The molecule has 0 spiro atoms. The molecule has 0 radical (unpaired) electrons. The molecule has 4 rings (SSSR count). The second-order valence-electron chi connectivity index (χ2n) is 8.08. The Kier molecular flexibility index (Phi) is 5.56. The number of aliphatic hydroxyl groups is 1. The Morgan fingerprint density at radius 3 is 2.53 bits per heavy atom. The highest BCUT2D eigenvalue weighted by Gasteiger charge is 2.24. The Bertz CT molecular complexity index is 1390. The predicted octanol–water partition coefficient (Wildman–Crippen LogP) is 3.57. The third-order valence-electron chi connectivity index (χ3n) is 5.77. The van der Waals surface area contributed by atoms with Gasteiger partial charge in [-0.15, -0.1) is 5.10 Å². The largest absolute Gasteiger partial charge is 0.618 e. The zero-order valence-electron chi connectivity index (χ0n) is 18.5. The topological polar surface area (TPSA) is 87.0 Å². The molecule has 2 heterocycles. The lowest BCUT2D eigenvalue weighted by molar-refractivity contribution is -0.565. The number of hydrogen-bond acceptors (Lipinski definition) is 4. The minimum absolute atomic E-state index is 0.0395. The Hall–Kier alpha value is -3.52. The molecule has 8 heteroatoms. The van der Waals surface area contributed by atoms with Crippen molar-refractivity contribution in [2.75, 3.05) is 0 Å². The molecule has 2 aromatic carbocycles. The average molecular weight is 436 g/mol. The number of aliphatic hydroxyl groups excluding tert-OH is 1. The first-order valence-corrected chi connectivity index (χ1v) is 10.5. The van der Waals surface area contributed by atoms with E-state index in [0.717, 1.165) is 32.2 Å². The van der Waals surface area contributed by atoms with Crippen LogP contribution < -0.4 is 10.4 Å². The van der Waals surface area contributed by atoms with E-state index in [9.17, 15) is 15.1 Å². The van der Waals surface area contributed by atoms with Gasteiger partial charge in [0.05, 0.1) is 10.9 Å². The molecule has 0 amide bonds. The molecule has 0 unspecified atom stereocenters. The van der Waals surface area contributed by atoms with Crippen LogP contribution in [0.25, 0.3) is 27.8 Å². The molecule has 0 bridgehead atoms. The van der Waals surface area contributed by atoms with Crippen molar-refractivity contribution >= 4 is 10.9 Å². The minimum Gasteiger partial charge on any atom is -0.618 e. The van der Waals surface area contributed by atoms with Crippen LogP contribution in [0.5, 0.6) is 0 Å². The molecule has 0 atom stereocenters. The van der Waals surface area contributed by atoms with Gasteiger partial charge < -0.3 is 10.3 Å². The molecule has 32 heavy (non-hydrogen) atoms. The summed E-state index contributed by atoms with van der Waals surface area (Å²) in [6.45, 7) is 7.51. The Balaban J connectivity index is 2.05. The van der Waals surface area contributed by atoms with Crippen molar-refractivity contribution in [2.24, 2.45) is 0 Å². The quantitative estimate of drug-likeness (QED) is 0.383. The molecule has 2 aromatic heterocycles. The Labute approximate surface area is 184 Å². The fourth-order valence-corrected chi connectivity index (χ4v) is 4.08. The van der Waals surface area contributed by atoms with Crippen molar-refractivity contribution < 1.29 is 14.2 Å². The number of benzene rings is 2. The van der Waals surface area contributed by atoms with Gasteiger partial charge in [-0.3, -0.25) is 4.57 Å². The molecular weight excluding hydrogens is 411 g/mol.